The molecule has 17 heavy (non-hydrogen) atoms. The van der Waals surface area contributed by atoms with E-state index in [1.165, 1.54) is 5.56 Å². The highest BCUT2D eigenvalue weighted by atomic mass is 16.5. The van der Waals surface area contributed by atoms with Crippen molar-refractivity contribution >= 4 is 0 Å². The summed E-state index contributed by atoms with van der Waals surface area (Å²) in [5, 5.41) is 10.6. The quantitative estimate of drug-likeness (QED) is 0.709. The summed E-state index contributed by atoms with van der Waals surface area (Å²) in [5.74, 6) is 1.52. The van der Waals surface area contributed by atoms with Crippen LogP contribution in [0.2, 0.25) is 0 Å². The molecule has 1 rings (SSSR count). The first-order valence-corrected chi connectivity index (χ1v) is 5.71. The summed E-state index contributed by atoms with van der Waals surface area (Å²) in [6, 6.07) is 8.09. The van der Waals surface area contributed by atoms with Gasteiger partial charge in [-0.25, -0.2) is 0 Å². The molecule has 0 aromatic heterocycles. The van der Waals surface area contributed by atoms with E-state index < -0.39 is 0 Å². The van der Waals surface area contributed by atoms with Crippen LogP contribution >= 0.6 is 0 Å². The standard InChI is InChI=1S/C13H18N2O2/c1-16-12-5-4-11(10-13(12)17-2)6-9-15-8-3-7-14/h4-5,10,15H,3,6,8-9H2,1-2H3/p+1. The Morgan fingerprint density at radius 1 is 1.18 bits per heavy atom. The number of hydrogen-bond donors (Lipinski definition) is 1. The molecule has 0 bridgehead atoms. The predicted octanol–water partition coefficient (Wildman–Crippen LogP) is 0.723. The van der Waals surface area contributed by atoms with Gasteiger partial charge in [0.05, 0.1) is 39.8 Å². The molecule has 4 heteroatoms. The zero-order valence-corrected chi connectivity index (χ0v) is 10.4. The SMILES string of the molecule is COc1ccc(CC[NH2+]CCC#N)cc1OC. The van der Waals surface area contributed by atoms with E-state index in [1.54, 1.807) is 14.2 Å². The lowest BCUT2D eigenvalue weighted by molar-refractivity contribution is -0.653. The third-order valence-electron chi connectivity index (χ3n) is 2.55. The molecule has 4 nitrogen and oxygen atoms in total. The van der Waals surface area contributed by atoms with Gasteiger partial charge in [-0.05, 0) is 17.7 Å². The van der Waals surface area contributed by atoms with E-state index in [4.69, 9.17) is 14.7 Å². The maximum Gasteiger partial charge on any atom is 0.160 e. The molecular formula is C13H19N2O2+. The largest absolute Gasteiger partial charge is 0.493 e. The van der Waals surface area contributed by atoms with Crippen LogP contribution in [0.4, 0.5) is 0 Å². The molecule has 0 fully saturated rings. The zero-order valence-electron chi connectivity index (χ0n) is 10.4. The number of quaternary nitrogens is 1. The fourth-order valence-corrected chi connectivity index (χ4v) is 1.62. The summed E-state index contributed by atoms with van der Waals surface area (Å²) in [4.78, 5) is 0. The van der Waals surface area contributed by atoms with Crippen LogP contribution in [0, 0.1) is 11.3 Å². The van der Waals surface area contributed by atoms with Gasteiger partial charge in [0, 0.05) is 6.42 Å². The molecule has 0 radical (unpaired) electrons. The van der Waals surface area contributed by atoms with Gasteiger partial charge < -0.3 is 14.8 Å². The molecule has 2 N–H and O–H groups in total. The van der Waals surface area contributed by atoms with E-state index in [0.717, 1.165) is 31.0 Å². The molecule has 0 spiro atoms. The van der Waals surface area contributed by atoms with Gasteiger partial charge in [0.15, 0.2) is 11.5 Å². The van der Waals surface area contributed by atoms with Gasteiger partial charge in [-0.1, -0.05) is 6.07 Å². The molecular weight excluding hydrogens is 216 g/mol. The Balaban J connectivity index is 2.46. The maximum absolute atomic E-state index is 8.41. The summed E-state index contributed by atoms with van der Waals surface area (Å²) in [6.07, 6.45) is 1.57. The van der Waals surface area contributed by atoms with Crippen LogP contribution in [0.3, 0.4) is 0 Å². The normalized spacial score (nSPS) is 9.71. The highest BCUT2D eigenvalue weighted by Gasteiger charge is 2.04. The van der Waals surface area contributed by atoms with Gasteiger partial charge in [-0.15, -0.1) is 0 Å². The molecule has 0 heterocycles. The molecule has 0 aliphatic carbocycles. The van der Waals surface area contributed by atoms with Gasteiger partial charge in [0.1, 0.15) is 0 Å². The Morgan fingerprint density at radius 3 is 2.59 bits per heavy atom. The summed E-state index contributed by atoms with van der Waals surface area (Å²) in [7, 11) is 3.27. The molecule has 0 unspecified atom stereocenters. The molecule has 1 aromatic carbocycles. The summed E-state index contributed by atoms with van der Waals surface area (Å²) in [5.41, 5.74) is 1.22. The summed E-state index contributed by atoms with van der Waals surface area (Å²) < 4.78 is 10.4. The predicted molar refractivity (Wildman–Crippen MR) is 65.1 cm³/mol. The zero-order chi connectivity index (χ0) is 12.5. The third-order valence-corrected chi connectivity index (χ3v) is 2.55. The van der Waals surface area contributed by atoms with Crippen LogP contribution in [-0.4, -0.2) is 27.3 Å². The van der Waals surface area contributed by atoms with Crippen LogP contribution in [0.25, 0.3) is 0 Å². The average Bonchev–Trinajstić information content (AvgIpc) is 2.38. The monoisotopic (exact) mass is 235 g/mol. The Morgan fingerprint density at radius 2 is 1.94 bits per heavy atom. The van der Waals surface area contributed by atoms with E-state index in [9.17, 15) is 0 Å². The fraction of sp³-hybridized carbons (Fsp3) is 0.462. The number of nitrogens with two attached hydrogens (primary N) is 1. The molecule has 1 aromatic rings. The minimum Gasteiger partial charge on any atom is -0.493 e. The number of rotatable bonds is 7. The van der Waals surface area contributed by atoms with Crippen molar-refractivity contribution in [3.8, 4) is 17.6 Å². The van der Waals surface area contributed by atoms with Crippen molar-refractivity contribution in [1.82, 2.24) is 0 Å². The Hall–Kier alpha value is -1.73. The number of benzene rings is 1. The van der Waals surface area contributed by atoms with Crippen molar-refractivity contribution in [3.63, 3.8) is 0 Å². The van der Waals surface area contributed by atoms with Crippen LogP contribution in [0.1, 0.15) is 12.0 Å². The second kappa shape index (κ2) is 7.53. The molecule has 0 amide bonds. The van der Waals surface area contributed by atoms with Crippen LogP contribution in [-0.2, 0) is 6.42 Å². The number of nitriles is 1. The molecule has 0 aliphatic heterocycles. The van der Waals surface area contributed by atoms with E-state index >= 15 is 0 Å². The number of ether oxygens (including phenoxy) is 2. The Labute approximate surface area is 102 Å². The van der Waals surface area contributed by atoms with Crippen molar-refractivity contribution < 1.29 is 14.8 Å². The highest BCUT2D eigenvalue weighted by molar-refractivity contribution is 5.42. The first-order valence-electron chi connectivity index (χ1n) is 5.71. The van der Waals surface area contributed by atoms with Crippen molar-refractivity contribution in [2.45, 2.75) is 12.8 Å². The number of nitrogens with zero attached hydrogens (tertiary/aromatic N) is 1. The third kappa shape index (κ3) is 4.33. The lowest BCUT2D eigenvalue weighted by Crippen LogP contribution is -2.84. The smallest absolute Gasteiger partial charge is 0.160 e. The fourth-order valence-electron chi connectivity index (χ4n) is 1.62. The van der Waals surface area contributed by atoms with Crippen molar-refractivity contribution in [1.29, 1.82) is 5.26 Å². The van der Waals surface area contributed by atoms with Gasteiger partial charge in [-0.2, -0.15) is 5.26 Å². The van der Waals surface area contributed by atoms with Gasteiger partial charge in [0.2, 0.25) is 0 Å². The molecule has 0 saturated carbocycles. The van der Waals surface area contributed by atoms with Crippen LogP contribution < -0.4 is 14.8 Å². The first-order chi connectivity index (χ1) is 8.31. The molecule has 0 saturated heterocycles. The van der Waals surface area contributed by atoms with E-state index in [1.807, 2.05) is 18.2 Å². The number of hydrogen-bond acceptors (Lipinski definition) is 3. The van der Waals surface area contributed by atoms with E-state index in [2.05, 4.69) is 11.4 Å². The molecule has 0 atom stereocenters. The number of methoxy groups -OCH3 is 2. The molecule has 0 aliphatic rings. The van der Waals surface area contributed by atoms with Gasteiger partial charge >= 0.3 is 0 Å². The minimum atomic E-state index is 0.603. The lowest BCUT2D eigenvalue weighted by Gasteiger charge is -2.09. The van der Waals surface area contributed by atoms with Crippen LogP contribution in [0.15, 0.2) is 18.2 Å². The summed E-state index contributed by atoms with van der Waals surface area (Å²) >= 11 is 0. The lowest BCUT2D eigenvalue weighted by atomic mass is 10.1. The van der Waals surface area contributed by atoms with Crippen LogP contribution in [0.5, 0.6) is 11.5 Å². The Kier molecular flexibility index (Phi) is 5.91. The second-order valence-corrected chi connectivity index (χ2v) is 3.71. The first kappa shape index (κ1) is 13.3. The molecule has 92 valence electrons. The Bertz CT molecular complexity index is 385. The van der Waals surface area contributed by atoms with Gasteiger partial charge in [0.25, 0.3) is 0 Å². The topological polar surface area (TPSA) is 58.9 Å². The maximum atomic E-state index is 8.41. The van der Waals surface area contributed by atoms with E-state index in [-0.39, 0.29) is 0 Å². The van der Waals surface area contributed by atoms with Crippen molar-refractivity contribution in [2.24, 2.45) is 0 Å². The summed E-state index contributed by atoms with van der Waals surface area (Å²) in [6.45, 7) is 1.85. The van der Waals surface area contributed by atoms with Crippen molar-refractivity contribution in [2.75, 3.05) is 27.3 Å². The average molecular weight is 235 g/mol. The van der Waals surface area contributed by atoms with Crippen molar-refractivity contribution in [3.05, 3.63) is 23.8 Å². The van der Waals surface area contributed by atoms with E-state index in [0.29, 0.717) is 6.42 Å². The minimum absolute atomic E-state index is 0.603. The van der Waals surface area contributed by atoms with Gasteiger partial charge in [-0.3, -0.25) is 0 Å². The second-order valence-electron chi connectivity index (χ2n) is 3.71. The highest BCUT2D eigenvalue weighted by Crippen LogP contribution is 2.27.